The molecule has 0 bridgehead atoms. The molecule has 0 aliphatic carbocycles. The third-order valence-electron chi connectivity index (χ3n) is 1.75. The van der Waals surface area contributed by atoms with E-state index in [4.69, 9.17) is 0 Å². The van der Waals surface area contributed by atoms with E-state index in [0.717, 1.165) is 5.69 Å². The highest BCUT2D eigenvalue weighted by atomic mass is 32.2. The summed E-state index contributed by atoms with van der Waals surface area (Å²) in [5.74, 6) is 0.656. The van der Waals surface area contributed by atoms with Gasteiger partial charge >= 0.3 is 0 Å². The molecular weight excluding hydrogens is 196 g/mol. The van der Waals surface area contributed by atoms with Crippen LogP contribution in [0.4, 0.5) is 11.6 Å². The quantitative estimate of drug-likeness (QED) is 0.756. The molecule has 0 saturated heterocycles. The summed E-state index contributed by atoms with van der Waals surface area (Å²) in [4.78, 5) is 5.20. The molecule has 0 aliphatic heterocycles. The second-order valence-corrected chi connectivity index (χ2v) is 3.57. The fourth-order valence-corrected chi connectivity index (χ4v) is 1.56. The zero-order chi connectivity index (χ0) is 9.80. The van der Waals surface area contributed by atoms with Gasteiger partial charge in [0, 0.05) is 10.6 Å². The van der Waals surface area contributed by atoms with Crippen LogP contribution in [0.1, 0.15) is 0 Å². The lowest BCUT2D eigenvalue weighted by molar-refractivity contribution is 1.09. The number of nitrogens with zero attached hydrogens (tertiary/aromatic N) is 2. The Labute approximate surface area is 86.1 Å². The first-order valence-corrected chi connectivity index (χ1v) is 5.37. The van der Waals surface area contributed by atoms with E-state index in [1.54, 1.807) is 11.8 Å². The van der Waals surface area contributed by atoms with Gasteiger partial charge in [0.1, 0.15) is 6.33 Å². The fraction of sp³-hybridized carbons (Fsp3) is 0.111. The Morgan fingerprint density at radius 1 is 1.43 bits per heavy atom. The van der Waals surface area contributed by atoms with Crippen LogP contribution < -0.4 is 5.32 Å². The molecule has 72 valence electrons. The Balaban J connectivity index is 2.17. The summed E-state index contributed by atoms with van der Waals surface area (Å²) in [6.07, 6.45) is 3.52. The summed E-state index contributed by atoms with van der Waals surface area (Å²) in [5.41, 5.74) is 1.01. The molecule has 0 radical (unpaired) electrons. The van der Waals surface area contributed by atoms with Crippen molar-refractivity contribution in [2.45, 2.75) is 4.90 Å². The van der Waals surface area contributed by atoms with E-state index in [9.17, 15) is 0 Å². The van der Waals surface area contributed by atoms with Crippen LogP contribution in [0.25, 0.3) is 0 Å². The summed E-state index contributed by atoms with van der Waals surface area (Å²) in [5, 5.41) is 9.62. The molecule has 4 nitrogen and oxygen atoms in total. The lowest BCUT2D eigenvalue weighted by Crippen LogP contribution is -1.92. The van der Waals surface area contributed by atoms with Gasteiger partial charge in [-0.3, -0.25) is 0 Å². The molecule has 0 unspecified atom stereocenters. The zero-order valence-electron chi connectivity index (χ0n) is 7.69. The third kappa shape index (κ3) is 2.05. The first-order valence-electron chi connectivity index (χ1n) is 4.15. The molecule has 2 rings (SSSR count). The lowest BCUT2D eigenvalue weighted by atomic mass is 10.3. The van der Waals surface area contributed by atoms with Gasteiger partial charge in [-0.2, -0.15) is 10.1 Å². The molecular formula is C9H10N4S. The minimum Gasteiger partial charge on any atom is -0.325 e. The van der Waals surface area contributed by atoms with Crippen molar-refractivity contribution in [3.05, 3.63) is 30.6 Å². The first-order chi connectivity index (χ1) is 6.88. The largest absolute Gasteiger partial charge is 0.325 e. The smallest absolute Gasteiger partial charge is 0.222 e. The van der Waals surface area contributed by atoms with Gasteiger partial charge in [-0.25, -0.2) is 5.10 Å². The van der Waals surface area contributed by atoms with Crippen LogP contribution in [0.5, 0.6) is 0 Å². The van der Waals surface area contributed by atoms with Gasteiger partial charge in [0.05, 0.1) is 0 Å². The predicted molar refractivity (Wildman–Crippen MR) is 57.9 cm³/mol. The van der Waals surface area contributed by atoms with Crippen LogP contribution in [0.15, 0.2) is 35.5 Å². The van der Waals surface area contributed by atoms with Crippen LogP contribution in [0.3, 0.4) is 0 Å². The van der Waals surface area contributed by atoms with E-state index >= 15 is 0 Å². The van der Waals surface area contributed by atoms with Gasteiger partial charge in [0.2, 0.25) is 5.95 Å². The maximum absolute atomic E-state index is 3.98. The Morgan fingerprint density at radius 3 is 3.07 bits per heavy atom. The molecule has 0 atom stereocenters. The van der Waals surface area contributed by atoms with Gasteiger partial charge in [-0.1, -0.05) is 6.07 Å². The number of aromatic amines is 1. The highest BCUT2D eigenvalue weighted by Gasteiger charge is 1.97. The van der Waals surface area contributed by atoms with Gasteiger partial charge in [0.15, 0.2) is 0 Å². The molecule has 1 aromatic heterocycles. The second-order valence-electron chi connectivity index (χ2n) is 2.69. The molecule has 5 heteroatoms. The summed E-state index contributed by atoms with van der Waals surface area (Å²) in [6.45, 7) is 0. The van der Waals surface area contributed by atoms with Gasteiger partial charge in [-0.05, 0) is 24.5 Å². The van der Waals surface area contributed by atoms with Gasteiger partial charge in [-0.15, -0.1) is 11.8 Å². The van der Waals surface area contributed by atoms with Gasteiger partial charge in [0.25, 0.3) is 0 Å². The van der Waals surface area contributed by atoms with Crippen molar-refractivity contribution in [3.8, 4) is 0 Å². The van der Waals surface area contributed by atoms with E-state index in [0.29, 0.717) is 5.95 Å². The average molecular weight is 206 g/mol. The molecule has 1 aromatic carbocycles. The van der Waals surface area contributed by atoms with E-state index in [2.05, 4.69) is 32.6 Å². The summed E-state index contributed by atoms with van der Waals surface area (Å²) in [6, 6.07) is 8.12. The summed E-state index contributed by atoms with van der Waals surface area (Å²) < 4.78 is 0. The van der Waals surface area contributed by atoms with Crippen LogP contribution >= 0.6 is 11.8 Å². The van der Waals surface area contributed by atoms with E-state index in [1.165, 1.54) is 11.2 Å². The Hall–Kier alpha value is -1.49. The van der Waals surface area contributed by atoms with Gasteiger partial charge < -0.3 is 5.32 Å². The van der Waals surface area contributed by atoms with Crippen molar-refractivity contribution in [1.29, 1.82) is 0 Å². The average Bonchev–Trinajstić information content (AvgIpc) is 2.71. The second kappa shape index (κ2) is 4.15. The normalized spacial score (nSPS) is 10.1. The van der Waals surface area contributed by atoms with Crippen molar-refractivity contribution in [2.75, 3.05) is 11.6 Å². The van der Waals surface area contributed by atoms with E-state index in [-0.39, 0.29) is 0 Å². The number of aromatic nitrogens is 3. The summed E-state index contributed by atoms with van der Waals surface area (Å²) in [7, 11) is 0. The fourth-order valence-electron chi connectivity index (χ4n) is 1.10. The minimum absolute atomic E-state index is 0.656. The Bertz CT molecular complexity index is 399. The van der Waals surface area contributed by atoms with Crippen LogP contribution in [0.2, 0.25) is 0 Å². The number of thioether (sulfide) groups is 1. The van der Waals surface area contributed by atoms with Crippen molar-refractivity contribution in [1.82, 2.24) is 15.2 Å². The highest BCUT2D eigenvalue weighted by Crippen LogP contribution is 2.20. The van der Waals surface area contributed by atoms with Crippen LogP contribution in [-0.4, -0.2) is 21.4 Å². The predicted octanol–water partition coefficient (Wildman–Crippen LogP) is 2.27. The molecule has 0 saturated carbocycles. The number of nitrogens with one attached hydrogen (secondary N) is 2. The molecule has 1 heterocycles. The number of H-pyrrole nitrogens is 1. The molecule has 0 spiro atoms. The standard InChI is InChI=1S/C9H10N4S/c1-14-8-4-2-3-7(5-8)12-9-10-6-11-13-9/h2-6H,1H3,(H2,10,11,12,13). The number of hydrogen-bond donors (Lipinski definition) is 2. The van der Waals surface area contributed by atoms with E-state index < -0.39 is 0 Å². The maximum atomic E-state index is 3.98. The molecule has 14 heavy (non-hydrogen) atoms. The van der Waals surface area contributed by atoms with Crippen LogP contribution in [-0.2, 0) is 0 Å². The molecule has 2 N–H and O–H groups in total. The minimum atomic E-state index is 0.656. The molecule has 0 fully saturated rings. The monoisotopic (exact) mass is 206 g/mol. The maximum Gasteiger partial charge on any atom is 0.222 e. The molecule has 0 aliphatic rings. The first kappa shape index (κ1) is 9.08. The molecule has 0 amide bonds. The Morgan fingerprint density at radius 2 is 2.36 bits per heavy atom. The van der Waals surface area contributed by atoms with Crippen molar-refractivity contribution in [3.63, 3.8) is 0 Å². The zero-order valence-corrected chi connectivity index (χ0v) is 8.51. The SMILES string of the molecule is CSc1cccc(Nc2ncn[nH]2)c1. The highest BCUT2D eigenvalue weighted by molar-refractivity contribution is 7.98. The lowest BCUT2D eigenvalue weighted by Gasteiger charge is -2.03. The number of benzene rings is 1. The summed E-state index contributed by atoms with van der Waals surface area (Å²) >= 11 is 1.71. The Kier molecular flexibility index (Phi) is 2.69. The van der Waals surface area contributed by atoms with Crippen molar-refractivity contribution in [2.24, 2.45) is 0 Å². The topological polar surface area (TPSA) is 53.6 Å². The van der Waals surface area contributed by atoms with Crippen LogP contribution in [0, 0.1) is 0 Å². The molecule has 2 aromatic rings. The van der Waals surface area contributed by atoms with Crippen molar-refractivity contribution >= 4 is 23.4 Å². The van der Waals surface area contributed by atoms with E-state index in [1.807, 2.05) is 18.4 Å². The van der Waals surface area contributed by atoms with Crippen molar-refractivity contribution < 1.29 is 0 Å². The number of rotatable bonds is 3. The number of anilines is 2. The number of hydrogen-bond acceptors (Lipinski definition) is 4. The third-order valence-corrected chi connectivity index (χ3v) is 2.47.